The van der Waals surface area contributed by atoms with Crippen molar-refractivity contribution in [1.82, 2.24) is 9.80 Å². The van der Waals surface area contributed by atoms with Gasteiger partial charge in [0.1, 0.15) is 0 Å². The van der Waals surface area contributed by atoms with Crippen LogP contribution in [0.25, 0.3) is 11.1 Å². The normalized spacial score (nSPS) is 22.5. The molecule has 5 heteroatoms. The van der Waals surface area contributed by atoms with E-state index in [4.69, 9.17) is 0 Å². The van der Waals surface area contributed by atoms with Crippen molar-refractivity contribution in [2.24, 2.45) is 0 Å². The van der Waals surface area contributed by atoms with Gasteiger partial charge >= 0.3 is 0 Å². The van der Waals surface area contributed by atoms with E-state index in [9.17, 15) is 14.4 Å². The number of carbonyl (C=O) groups excluding carboxylic acids is 3. The standard InChI is InChI=1S/C30H30N2O3/c1-31-27(33)19-30(29(31)35,26-16-14-24(15-17-26)22-9-4-2-5-10-22)20-28(34)32-18-8-13-25(21-32)23-11-6-3-7-12-23/h2-7,9-12,14-17,25H,8,13,18-21H2,1H3/t25-,30+/m0/s1. The monoisotopic (exact) mass is 466 g/mol. The van der Waals surface area contributed by atoms with E-state index in [2.05, 4.69) is 12.1 Å². The number of likely N-dealkylation sites (N-methyl/N-ethyl adjacent to an activating group) is 1. The number of hydrogen-bond acceptors (Lipinski definition) is 3. The van der Waals surface area contributed by atoms with Crippen molar-refractivity contribution >= 4 is 17.7 Å². The van der Waals surface area contributed by atoms with Gasteiger partial charge in [0.25, 0.3) is 0 Å². The topological polar surface area (TPSA) is 57.7 Å². The first-order valence-corrected chi connectivity index (χ1v) is 12.3. The van der Waals surface area contributed by atoms with Crippen molar-refractivity contribution in [3.8, 4) is 11.1 Å². The molecule has 3 aromatic rings. The molecule has 2 aliphatic heterocycles. The number of benzene rings is 3. The van der Waals surface area contributed by atoms with Crippen molar-refractivity contribution in [3.63, 3.8) is 0 Å². The summed E-state index contributed by atoms with van der Waals surface area (Å²) in [6, 6.07) is 28.1. The lowest BCUT2D eigenvalue weighted by atomic mass is 9.75. The smallest absolute Gasteiger partial charge is 0.240 e. The van der Waals surface area contributed by atoms with Gasteiger partial charge in [0.15, 0.2) is 0 Å². The van der Waals surface area contributed by atoms with Crippen LogP contribution in [0, 0.1) is 0 Å². The molecule has 0 spiro atoms. The molecule has 178 valence electrons. The molecule has 2 atom stereocenters. The van der Waals surface area contributed by atoms with E-state index >= 15 is 0 Å². The Morgan fingerprint density at radius 3 is 2.14 bits per heavy atom. The van der Waals surface area contributed by atoms with Gasteiger partial charge in [-0.25, -0.2) is 0 Å². The Bertz CT molecular complexity index is 1220. The molecule has 2 saturated heterocycles. The molecule has 3 aromatic carbocycles. The van der Waals surface area contributed by atoms with Gasteiger partial charge in [-0.1, -0.05) is 84.9 Å². The molecule has 2 aliphatic rings. The van der Waals surface area contributed by atoms with Crippen LogP contribution in [-0.4, -0.2) is 47.7 Å². The molecule has 2 heterocycles. The minimum absolute atomic E-state index is 0.00804. The second-order valence-corrected chi connectivity index (χ2v) is 9.73. The van der Waals surface area contributed by atoms with Gasteiger partial charge in [0, 0.05) is 38.9 Å². The third-order valence-electron chi connectivity index (χ3n) is 7.58. The molecular formula is C30H30N2O3. The van der Waals surface area contributed by atoms with E-state index in [1.807, 2.05) is 77.7 Å². The third kappa shape index (κ3) is 4.39. The van der Waals surface area contributed by atoms with Crippen LogP contribution in [-0.2, 0) is 19.8 Å². The Morgan fingerprint density at radius 1 is 0.886 bits per heavy atom. The minimum atomic E-state index is -1.15. The van der Waals surface area contributed by atoms with Crippen LogP contribution in [0.1, 0.15) is 42.7 Å². The molecule has 3 amide bonds. The zero-order valence-electron chi connectivity index (χ0n) is 20.0. The van der Waals surface area contributed by atoms with Crippen molar-refractivity contribution in [2.75, 3.05) is 20.1 Å². The highest BCUT2D eigenvalue weighted by Gasteiger charge is 2.53. The van der Waals surface area contributed by atoms with Crippen LogP contribution >= 0.6 is 0 Å². The van der Waals surface area contributed by atoms with Crippen LogP contribution in [0.4, 0.5) is 0 Å². The SMILES string of the molecule is CN1C(=O)C[C@@](CC(=O)N2CCC[C@H](c3ccccc3)C2)(c2ccc(-c3ccccc3)cc2)C1=O. The molecule has 5 rings (SSSR count). The first kappa shape index (κ1) is 23.0. The summed E-state index contributed by atoms with van der Waals surface area (Å²) in [6.07, 6.45) is 2.00. The number of nitrogens with zero attached hydrogens (tertiary/aromatic N) is 2. The molecule has 0 radical (unpaired) electrons. The second kappa shape index (κ2) is 9.49. The van der Waals surface area contributed by atoms with E-state index in [-0.39, 0.29) is 30.6 Å². The summed E-state index contributed by atoms with van der Waals surface area (Å²) in [6.45, 7) is 1.33. The molecule has 35 heavy (non-hydrogen) atoms. The number of likely N-dealkylation sites (tertiary alicyclic amines) is 2. The van der Waals surface area contributed by atoms with E-state index in [1.165, 1.54) is 17.5 Å². The number of imide groups is 1. The highest BCUT2D eigenvalue weighted by Crippen LogP contribution is 2.41. The number of carbonyl (C=O) groups is 3. The maximum atomic E-state index is 13.6. The van der Waals surface area contributed by atoms with Crippen LogP contribution in [0.15, 0.2) is 84.9 Å². The van der Waals surface area contributed by atoms with Gasteiger partial charge in [-0.15, -0.1) is 0 Å². The molecule has 0 N–H and O–H groups in total. The molecular weight excluding hydrogens is 436 g/mol. The predicted octanol–water partition coefficient (Wildman–Crippen LogP) is 4.78. The molecule has 0 aliphatic carbocycles. The van der Waals surface area contributed by atoms with Crippen LogP contribution in [0.5, 0.6) is 0 Å². The first-order valence-electron chi connectivity index (χ1n) is 12.3. The summed E-state index contributed by atoms with van der Waals surface area (Å²) < 4.78 is 0. The largest absolute Gasteiger partial charge is 0.342 e. The summed E-state index contributed by atoms with van der Waals surface area (Å²) >= 11 is 0. The van der Waals surface area contributed by atoms with E-state index in [0.717, 1.165) is 29.5 Å². The zero-order valence-corrected chi connectivity index (χ0v) is 20.0. The Balaban J connectivity index is 1.41. The van der Waals surface area contributed by atoms with E-state index < -0.39 is 5.41 Å². The van der Waals surface area contributed by atoms with Crippen molar-refractivity contribution < 1.29 is 14.4 Å². The lowest BCUT2D eigenvalue weighted by Gasteiger charge is -2.35. The van der Waals surface area contributed by atoms with Gasteiger partial charge in [0.2, 0.25) is 17.7 Å². The van der Waals surface area contributed by atoms with Gasteiger partial charge in [-0.05, 0) is 35.1 Å². The van der Waals surface area contributed by atoms with E-state index in [0.29, 0.717) is 19.0 Å². The average molecular weight is 467 g/mol. The number of hydrogen-bond donors (Lipinski definition) is 0. The predicted molar refractivity (Wildman–Crippen MR) is 136 cm³/mol. The van der Waals surface area contributed by atoms with Gasteiger partial charge in [0.05, 0.1) is 5.41 Å². The van der Waals surface area contributed by atoms with Gasteiger partial charge < -0.3 is 4.90 Å². The molecule has 0 bridgehead atoms. The first-order chi connectivity index (χ1) is 17.0. The summed E-state index contributed by atoms with van der Waals surface area (Å²) in [4.78, 5) is 42.7. The summed E-state index contributed by atoms with van der Waals surface area (Å²) in [5.41, 5.74) is 2.92. The van der Waals surface area contributed by atoms with Crippen molar-refractivity contribution in [3.05, 3.63) is 96.1 Å². The fraction of sp³-hybridized carbons (Fsp3) is 0.300. The maximum absolute atomic E-state index is 13.6. The van der Waals surface area contributed by atoms with Crippen LogP contribution in [0.3, 0.4) is 0 Å². The molecule has 0 saturated carbocycles. The summed E-state index contributed by atoms with van der Waals surface area (Å²) in [7, 11) is 1.52. The quantitative estimate of drug-likeness (QED) is 0.509. The fourth-order valence-electron chi connectivity index (χ4n) is 5.54. The Morgan fingerprint density at radius 2 is 1.51 bits per heavy atom. The Kier molecular flexibility index (Phi) is 6.25. The number of rotatable bonds is 5. The summed E-state index contributed by atoms with van der Waals surface area (Å²) in [5, 5.41) is 0. The van der Waals surface area contributed by atoms with Gasteiger partial charge in [-0.2, -0.15) is 0 Å². The Hall–Kier alpha value is -3.73. The lowest BCUT2D eigenvalue weighted by Crippen LogP contribution is -2.45. The number of piperidine rings is 1. The van der Waals surface area contributed by atoms with Crippen LogP contribution in [0.2, 0.25) is 0 Å². The zero-order chi connectivity index (χ0) is 24.4. The minimum Gasteiger partial charge on any atom is -0.342 e. The van der Waals surface area contributed by atoms with Crippen molar-refractivity contribution in [1.29, 1.82) is 0 Å². The molecule has 0 unspecified atom stereocenters. The van der Waals surface area contributed by atoms with E-state index in [1.54, 1.807) is 0 Å². The highest BCUT2D eigenvalue weighted by atomic mass is 16.2. The Labute approximate surface area is 206 Å². The fourth-order valence-corrected chi connectivity index (χ4v) is 5.54. The van der Waals surface area contributed by atoms with Crippen molar-refractivity contribution in [2.45, 2.75) is 37.0 Å². The summed E-state index contributed by atoms with van der Waals surface area (Å²) in [5.74, 6) is -0.302. The highest BCUT2D eigenvalue weighted by molar-refractivity contribution is 6.10. The molecule has 0 aromatic heterocycles. The number of amides is 3. The molecule has 5 nitrogen and oxygen atoms in total. The third-order valence-corrected chi connectivity index (χ3v) is 7.58. The second-order valence-electron chi connectivity index (χ2n) is 9.73. The maximum Gasteiger partial charge on any atom is 0.240 e. The lowest BCUT2D eigenvalue weighted by molar-refractivity contribution is -0.141. The van der Waals surface area contributed by atoms with Crippen LogP contribution < -0.4 is 0 Å². The average Bonchev–Trinajstić information content (AvgIpc) is 3.13. The molecule has 2 fully saturated rings. The van der Waals surface area contributed by atoms with Gasteiger partial charge in [-0.3, -0.25) is 19.3 Å².